The molecule has 0 aromatic heterocycles. The van der Waals surface area contributed by atoms with Crippen LogP contribution in [-0.2, 0) is 9.53 Å². The molecule has 2 rings (SSSR count). The SMILES string of the molecule is COC(=O)C1CCC(NC2CCC(C(C)C)CC2)CC1. The first kappa shape index (κ1) is 15.8. The minimum absolute atomic E-state index is 0.0131. The van der Waals surface area contributed by atoms with E-state index in [-0.39, 0.29) is 11.9 Å². The van der Waals surface area contributed by atoms with Crippen LogP contribution in [0.4, 0.5) is 0 Å². The predicted octanol–water partition coefficient (Wildman–Crippen LogP) is 3.52. The maximum Gasteiger partial charge on any atom is 0.308 e. The molecule has 0 aliphatic heterocycles. The average Bonchev–Trinajstić information content (AvgIpc) is 2.48. The number of hydrogen-bond acceptors (Lipinski definition) is 3. The number of carbonyl (C=O) groups is 1. The lowest BCUT2D eigenvalue weighted by atomic mass is 9.79. The Labute approximate surface area is 123 Å². The Morgan fingerprint density at radius 3 is 1.90 bits per heavy atom. The Bertz CT molecular complexity index is 300. The minimum Gasteiger partial charge on any atom is -0.469 e. The Hall–Kier alpha value is -0.570. The van der Waals surface area contributed by atoms with E-state index in [0.29, 0.717) is 12.1 Å². The van der Waals surface area contributed by atoms with Gasteiger partial charge in [-0.15, -0.1) is 0 Å². The van der Waals surface area contributed by atoms with Crippen LogP contribution in [0.2, 0.25) is 0 Å². The van der Waals surface area contributed by atoms with E-state index in [1.807, 2.05) is 0 Å². The monoisotopic (exact) mass is 281 g/mol. The normalized spacial score (nSPS) is 35.0. The van der Waals surface area contributed by atoms with Gasteiger partial charge in [0.25, 0.3) is 0 Å². The molecular formula is C17H31NO2. The molecule has 2 saturated carbocycles. The fourth-order valence-electron chi connectivity index (χ4n) is 3.95. The summed E-state index contributed by atoms with van der Waals surface area (Å²) in [7, 11) is 1.50. The molecule has 2 aliphatic rings. The molecule has 0 saturated heterocycles. The summed E-state index contributed by atoms with van der Waals surface area (Å²) in [4.78, 5) is 11.5. The number of rotatable bonds is 4. The maximum atomic E-state index is 11.5. The number of esters is 1. The van der Waals surface area contributed by atoms with E-state index in [0.717, 1.165) is 37.5 Å². The molecule has 3 heteroatoms. The predicted molar refractivity (Wildman–Crippen MR) is 81.5 cm³/mol. The lowest BCUT2D eigenvalue weighted by Gasteiger charge is -2.36. The van der Waals surface area contributed by atoms with Gasteiger partial charge in [0, 0.05) is 12.1 Å². The van der Waals surface area contributed by atoms with Gasteiger partial charge < -0.3 is 10.1 Å². The van der Waals surface area contributed by atoms with E-state index in [9.17, 15) is 4.79 Å². The molecule has 0 heterocycles. The summed E-state index contributed by atoms with van der Waals surface area (Å²) in [6, 6.07) is 1.33. The highest BCUT2D eigenvalue weighted by atomic mass is 16.5. The van der Waals surface area contributed by atoms with Crippen molar-refractivity contribution in [2.45, 2.75) is 77.3 Å². The van der Waals surface area contributed by atoms with Crippen molar-refractivity contribution >= 4 is 5.97 Å². The van der Waals surface area contributed by atoms with Crippen LogP contribution in [0.25, 0.3) is 0 Å². The van der Waals surface area contributed by atoms with E-state index >= 15 is 0 Å². The molecule has 0 aromatic rings. The van der Waals surface area contributed by atoms with Gasteiger partial charge in [-0.1, -0.05) is 13.8 Å². The summed E-state index contributed by atoms with van der Waals surface area (Å²) in [5.41, 5.74) is 0. The number of carbonyl (C=O) groups excluding carboxylic acids is 1. The van der Waals surface area contributed by atoms with Gasteiger partial charge in [0.15, 0.2) is 0 Å². The van der Waals surface area contributed by atoms with Gasteiger partial charge in [0.05, 0.1) is 13.0 Å². The Kier molecular flexibility index (Phi) is 5.88. The second-order valence-electron chi connectivity index (χ2n) is 7.09. The fourth-order valence-corrected chi connectivity index (χ4v) is 3.95. The molecule has 1 N–H and O–H groups in total. The van der Waals surface area contributed by atoms with Crippen molar-refractivity contribution in [1.29, 1.82) is 0 Å². The third kappa shape index (κ3) is 4.21. The molecule has 2 aliphatic carbocycles. The first-order valence-electron chi connectivity index (χ1n) is 8.44. The topological polar surface area (TPSA) is 38.3 Å². The Morgan fingerprint density at radius 1 is 0.950 bits per heavy atom. The van der Waals surface area contributed by atoms with Crippen molar-refractivity contribution in [2.24, 2.45) is 17.8 Å². The molecule has 0 radical (unpaired) electrons. The number of nitrogens with one attached hydrogen (secondary N) is 1. The highest BCUT2D eigenvalue weighted by Crippen LogP contribution is 2.31. The van der Waals surface area contributed by atoms with Gasteiger partial charge in [-0.25, -0.2) is 0 Å². The average molecular weight is 281 g/mol. The van der Waals surface area contributed by atoms with Crippen LogP contribution in [0, 0.1) is 17.8 Å². The lowest BCUT2D eigenvalue weighted by molar-refractivity contribution is -0.146. The Balaban J connectivity index is 1.68. The highest BCUT2D eigenvalue weighted by Gasteiger charge is 2.29. The molecule has 2 fully saturated rings. The van der Waals surface area contributed by atoms with E-state index in [2.05, 4.69) is 19.2 Å². The van der Waals surface area contributed by atoms with Crippen molar-refractivity contribution < 1.29 is 9.53 Å². The van der Waals surface area contributed by atoms with Gasteiger partial charge in [-0.2, -0.15) is 0 Å². The molecule has 0 amide bonds. The van der Waals surface area contributed by atoms with Gasteiger partial charge >= 0.3 is 5.97 Å². The summed E-state index contributed by atoms with van der Waals surface area (Å²) < 4.78 is 4.85. The third-order valence-electron chi connectivity index (χ3n) is 5.45. The number of hydrogen-bond donors (Lipinski definition) is 1. The maximum absolute atomic E-state index is 11.5. The van der Waals surface area contributed by atoms with Crippen LogP contribution in [-0.4, -0.2) is 25.2 Å². The van der Waals surface area contributed by atoms with Crippen LogP contribution in [0.3, 0.4) is 0 Å². The number of methoxy groups -OCH3 is 1. The van der Waals surface area contributed by atoms with Crippen molar-refractivity contribution in [3.63, 3.8) is 0 Å². The zero-order valence-electron chi connectivity index (χ0n) is 13.4. The second-order valence-corrected chi connectivity index (χ2v) is 7.09. The van der Waals surface area contributed by atoms with Gasteiger partial charge in [0.1, 0.15) is 0 Å². The summed E-state index contributed by atoms with van der Waals surface area (Å²) in [5.74, 6) is 1.91. The molecule has 116 valence electrons. The highest BCUT2D eigenvalue weighted by molar-refractivity contribution is 5.72. The van der Waals surface area contributed by atoms with Crippen LogP contribution < -0.4 is 5.32 Å². The molecule has 0 spiro atoms. The summed E-state index contributed by atoms with van der Waals surface area (Å²) in [6.07, 6.45) is 9.67. The van der Waals surface area contributed by atoms with Gasteiger partial charge in [0.2, 0.25) is 0 Å². The molecule has 0 unspecified atom stereocenters. The van der Waals surface area contributed by atoms with E-state index in [1.54, 1.807) is 0 Å². The van der Waals surface area contributed by atoms with Crippen molar-refractivity contribution in [3.05, 3.63) is 0 Å². The fraction of sp³-hybridized carbons (Fsp3) is 0.941. The molecule has 0 atom stereocenters. The molecule has 3 nitrogen and oxygen atoms in total. The van der Waals surface area contributed by atoms with E-state index in [1.165, 1.54) is 32.8 Å². The third-order valence-corrected chi connectivity index (χ3v) is 5.45. The van der Waals surface area contributed by atoms with Crippen LogP contribution in [0.5, 0.6) is 0 Å². The molecule has 20 heavy (non-hydrogen) atoms. The molecule has 0 aromatic carbocycles. The summed E-state index contributed by atoms with van der Waals surface area (Å²) >= 11 is 0. The standard InChI is InChI=1S/C17H31NO2/c1-12(2)13-4-8-15(9-5-13)18-16-10-6-14(7-11-16)17(19)20-3/h12-16,18H,4-11H2,1-3H3. The molecular weight excluding hydrogens is 250 g/mol. The van der Waals surface area contributed by atoms with E-state index in [4.69, 9.17) is 4.74 Å². The van der Waals surface area contributed by atoms with E-state index < -0.39 is 0 Å². The zero-order chi connectivity index (χ0) is 14.5. The lowest BCUT2D eigenvalue weighted by Crippen LogP contribution is -2.43. The summed E-state index contributed by atoms with van der Waals surface area (Å²) in [5, 5.41) is 3.84. The molecule has 0 bridgehead atoms. The number of ether oxygens (including phenoxy) is 1. The van der Waals surface area contributed by atoms with Crippen molar-refractivity contribution in [1.82, 2.24) is 5.32 Å². The minimum atomic E-state index is -0.0131. The van der Waals surface area contributed by atoms with Gasteiger partial charge in [-0.3, -0.25) is 4.79 Å². The first-order chi connectivity index (χ1) is 9.60. The van der Waals surface area contributed by atoms with Crippen LogP contribution in [0.15, 0.2) is 0 Å². The summed E-state index contributed by atoms with van der Waals surface area (Å²) in [6.45, 7) is 4.71. The first-order valence-corrected chi connectivity index (χ1v) is 8.44. The second kappa shape index (κ2) is 7.44. The van der Waals surface area contributed by atoms with Crippen molar-refractivity contribution in [3.8, 4) is 0 Å². The quantitative estimate of drug-likeness (QED) is 0.801. The van der Waals surface area contributed by atoms with Crippen LogP contribution in [0.1, 0.15) is 65.2 Å². The smallest absolute Gasteiger partial charge is 0.308 e. The largest absolute Gasteiger partial charge is 0.469 e. The van der Waals surface area contributed by atoms with Gasteiger partial charge in [-0.05, 0) is 63.2 Å². The van der Waals surface area contributed by atoms with Crippen LogP contribution >= 0.6 is 0 Å². The van der Waals surface area contributed by atoms with Crippen molar-refractivity contribution in [2.75, 3.05) is 7.11 Å². The Morgan fingerprint density at radius 2 is 1.45 bits per heavy atom. The zero-order valence-corrected chi connectivity index (χ0v) is 13.4.